The predicted molar refractivity (Wildman–Crippen MR) is 47.4 cm³/mol. The van der Waals surface area contributed by atoms with Crippen LogP contribution in [0.1, 0.15) is 16.2 Å². The zero-order valence-electron chi connectivity index (χ0n) is 7.89. The number of nitrogens with zero attached hydrogens (tertiary/aromatic N) is 1. The van der Waals surface area contributed by atoms with Crippen LogP contribution in [0.2, 0.25) is 0 Å². The Morgan fingerprint density at radius 1 is 1.53 bits per heavy atom. The molecule has 0 aromatic carbocycles. The maximum atomic E-state index is 13.2. The van der Waals surface area contributed by atoms with E-state index in [1.54, 1.807) is 0 Å². The van der Waals surface area contributed by atoms with Crippen molar-refractivity contribution in [3.8, 4) is 5.75 Å². The molecule has 0 saturated heterocycles. The number of carboxylic acids is 1. The van der Waals surface area contributed by atoms with Crippen LogP contribution in [-0.2, 0) is 5.88 Å². The van der Waals surface area contributed by atoms with Crippen molar-refractivity contribution >= 4 is 17.6 Å². The van der Waals surface area contributed by atoms with Gasteiger partial charge >= 0.3 is 12.3 Å². The summed E-state index contributed by atoms with van der Waals surface area (Å²) in [6.07, 6.45) is -5.21. The van der Waals surface area contributed by atoms with Gasteiger partial charge in [0.2, 0.25) is 0 Å². The van der Waals surface area contributed by atoms with Crippen LogP contribution >= 0.6 is 11.6 Å². The molecule has 0 aliphatic heterocycles. The number of aromatic carboxylic acids is 1. The number of hydrogen-bond acceptors (Lipinski definition) is 3. The Morgan fingerprint density at radius 2 is 2.12 bits per heavy atom. The molecule has 94 valence electrons. The van der Waals surface area contributed by atoms with Gasteiger partial charge < -0.3 is 9.84 Å². The highest BCUT2D eigenvalue weighted by molar-refractivity contribution is 6.16. The Kier molecular flexibility index (Phi) is 3.76. The van der Waals surface area contributed by atoms with Crippen molar-refractivity contribution in [1.82, 2.24) is 4.98 Å². The lowest BCUT2D eigenvalue weighted by molar-refractivity contribution is -0.275. The Balaban J connectivity index is 3.32. The fourth-order valence-corrected chi connectivity index (χ4v) is 1.11. The molecule has 1 heterocycles. The lowest BCUT2D eigenvalue weighted by Gasteiger charge is -2.12. The van der Waals surface area contributed by atoms with E-state index in [1.807, 2.05) is 0 Å². The number of halogens is 5. The van der Waals surface area contributed by atoms with Gasteiger partial charge in [-0.1, -0.05) is 0 Å². The molecule has 0 aliphatic rings. The number of carboxylic acid groups (broad SMARTS) is 1. The van der Waals surface area contributed by atoms with Gasteiger partial charge in [0.25, 0.3) is 0 Å². The second-order valence-electron chi connectivity index (χ2n) is 2.76. The van der Waals surface area contributed by atoms with Crippen LogP contribution in [0, 0.1) is 5.82 Å². The normalized spacial score (nSPS) is 11.4. The van der Waals surface area contributed by atoms with Crippen LogP contribution in [0.4, 0.5) is 17.6 Å². The zero-order chi connectivity index (χ0) is 13.2. The first-order valence-corrected chi connectivity index (χ1v) is 4.52. The third-order valence-electron chi connectivity index (χ3n) is 1.54. The lowest BCUT2D eigenvalue weighted by atomic mass is 10.2. The molecule has 9 heteroatoms. The molecular weight excluding hydrogens is 270 g/mol. The SMILES string of the molecule is O=C(O)c1nc(CCl)cc(F)c1OC(F)(F)F. The molecule has 0 bridgehead atoms. The quantitative estimate of drug-likeness (QED) is 0.679. The maximum absolute atomic E-state index is 13.2. The molecule has 0 spiro atoms. The first-order chi connectivity index (χ1) is 7.74. The second-order valence-corrected chi connectivity index (χ2v) is 3.03. The summed E-state index contributed by atoms with van der Waals surface area (Å²) in [5.74, 6) is -5.18. The average molecular weight is 274 g/mol. The van der Waals surface area contributed by atoms with E-state index < -0.39 is 29.6 Å². The van der Waals surface area contributed by atoms with Crippen LogP contribution in [-0.4, -0.2) is 22.4 Å². The van der Waals surface area contributed by atoms with Gasteiger partial charge in [0.05, 0.1) is 11.6 Å². The lowest BCUT2D eigenvalue weighted by Crippen LogP contribution is -2.21. The molecule has 0 radical (unpaired) electrons. The first kappa shape index (κ1) is 13.5. The van der Waals surface area contributed by atoms with E-state index in [0.29, 0.717) is 6.07 Å². The summed E-state index contributed by atoms with van der Waals surface area (Å²) in [7, 11) is 0. The van der Waals surface area contributed by atoms with Crippen molar-refractivity contribution in [2.24, 2.45) is 0 Å². The van der Waals surface area contributed by atoms with Crippen LogP contribution in [0.5, 0.6) is 5.75 Å². The van der Waals surface area contributed by atoms with E-state index in [9.17, 15) is 22.4 Å². The van der Waals surface area contributed by atoms with Crippen molar-refractivity contribution in [2.45, 2.75) is 12.2 Å². The number of pyridine rings is 1. The molecule has 0 aliphatic carbocycles. The summed E-state index contributed by atoms with van der Waals surface area (Å²) >= 11 is 5.28. The fourth-order valence-electron chi connectivity index (χ4n) is 0.978. The Hall–Kier alpha value is -1.57. The number of aromatic nitrogens is 1. The Bertz CT molecular complexity index is 449. The van der Waals surface area contributed by atoms with Gasteiger partial charge in [-0.15, -0.1) is 24.8 Å². The molecular formula is C8H4ClF4NO3. The van der Waals surface area contributed by atoms with E-state index in [0.717, 1.165) is 0 Å². The summed E-state index contributed by atoms with van der Waals surface area (Å²) in [6.45, 7) is 0. The molecule has 1 aromatic rings. The summed E-state index contributed by atoms with van der Waals surface area (Å²) in [5, 5.41) is 8.59. The van der Waals surface area contributed by atoms with E-state index in [1.165, 1.54) is 0 Å². The monoisotopic (exact) mass is 273 g/mol. The Labute approximate surface area is 96.8 Å². The Morgan fingerprint density at radius 3 is 2.53 bits per heavy atom. The number of ether oxygens (including phenoxy) is 1. The number of hydrogen-bond donors (Lipinski definition) is 1. The smallest absolute Gasteiger partial charge is 0.476 e. The first-order valence-electron chi connectivity index (χ1n) is 3.99. The number of rotatable bonds is 3. The number of carbonyl (C=O) groups is 1. The number of alkyl halides is 4. The molecule has 0 fully saturated rings. The van der Waals surface area contributed by atoms with Crippen molar-refractivity contribution in [3.05, 3.63) is 23.3 Å². The minimum Gasteiger partial charge on any atom is -0.476 e. The third kappa shape index (κ3) is 3.45. The zero-order valence-corrected chi connectivity index (χ0v) is 8.64. The summed E-state index contributed by atoms with van der Waals surface area (Å²) in [6, 6.07) is 0.570. The second kappa shape index (κ2) is 4.74. The van der Waals surface area contributed by atoms with Gasteiger partial charge in [-0.2, -0.15) is 0 Å². The molecule has 0 saturated carbocycles. The molecule has 0 atom stereocenters. The van der Waals surface area contributed by atoms with E-state index in [-0.39, 0.29) is 11.6 Å². The van der Waals surface area contributed by atoms with Crippen molar-refractivity contribution in [2.75, 3.05) is 0 Å². The standard InChI is InChI=1S/C8H4ClF4NO3/c9-2-3-1-4(10)6(17-8(11,12)13)5(14-3)7(15)16/h1H,2H2,(H,15,16). The minimum absolute atomic E-state index is 0.212. The molecule has 1 N–H and O–H groups in total. The highest BCUT2D eigenvalue weighted by Gasteiger charge is 2.35. The maximum Gasteiger partial charge on any atom is 0.573 e. The van der Waals surface area contributed by atoms with Gasteiger partial charge in [0.1, 0.15) is 0 Å². The van der Waals surface area contributed by atoms with E-state index in [2.05, 4.69) is 9.72 Å². The van der Waals surface area contributed by atoms with Crippen molar-refractivity contribution in [3.63, 3.8) is 0 Å². The van der Waals surface area contributed by atoms with Crippen molar-refractivity contribution < 1.29 is 32.2 Å². The van der Waals surface area contributed by atoms with Gasteiger partial charge in [0.15, 0.2) is 17.3 Å². The fraction of sp³-hybridized carbons (Fsp3) is 0.250. The van der Waals surface area contributed by atoms with Crippen LogP contribution in [0.15, 0.2) is 6.07 Å². The van der Waals surface area contributed by atoms with Crippen molar-refractivity contribution in [1.29, 1.82) is 0 Å². The van der Waals surface area contributed by atoms with E-state index >= 15 is 0 Å². The van der Waals surface area contributed by atoms with Crippen LogP contribution in [0.25, 0.3) is 0 Å². The van der Waals surface area contributed by atoms with Gasteiger partial charge in [-0.05, 0) is 0 Å². The third-order valence-corrected chi connectivity index (χ3v) is 1.81. The van der Waals surface area contributed by atoms with Gasteiger partial charge in [0, 0.05) is 6.07 Å². The predicted octanol–water partition coefficient (Wildman–Crippen LogP) is 2.56. The topological polar surface area (TPSA) is 59.4 Å². The molecule has 17 heavy (non-hydrogen) atoms. The average Bonchev–Trinajstić information content (AvgIpc) is 2.18. The summed E-state index contributed by atoms with van der Waals surface area (Å²) < 4.78 is 52.2. The molecule has 0 amide bonds. The van der Waals surface area contributed by atoms with E-state index in [4.69, 9.17) is 16.7 Å². The van der Waals surface area contributed by atoms with Crippen LogP contribution < -0.4 is 4.74 Å². The molecule has 4 nitrogen and oxygen atoms in total. The summed E-state index contributed by atoms with van der Waals surface area (Å²) in [5.41, 5.74) is -1.39. The highest BCUT2D eigenvalue weighted by Crippen LogP contribution is 2.29. The van der Waals surface area contributed by atoms with Gasteiger partial charge in [-0.3, -0.25) is 0 Å². The molecule has 1 aromatic heterocycles. The highest BCUT2D eigenvalue weighted by atomic mass is 35.5. The molecule has 1 rings (SSSR count). The minimum atomic E-state index is -5.21. The largest absolute Gasteiger partial charge is 0.573 e. The molecule has 0 unspecified atom stereocenters. The van der Waals surface area contributed by atoms with Crippen LogP contribution in [0.3, 0.4) is 0 Å². The van der Waals surface area contributed by atoms with Gasteiger partial charge in [-0.25, -0.2) is 14.2 Å². The summed E-state index contributed by atoms with van der Waals surface area (Å²) in [4.78, 5) is 13.8.